The molecule has 0 saturated carbocycles. The smallest absolute Gasteiger partial charge is 0.219 e. The molecule has 0 aromatic heterocycles. The lowest BCUT2D eigenvalue weighted by molar-refractivity contribution is -0.194. The summed E-state index contributed by atoms with van der Waals surface area (Å²) < 4.78 is 0. The van der Waals surface area contributed by atoms with Crippen LogP contribution in [-0.4, -0.2) is 50.5 Å². The molecule has 0 spiro atoms. The van der Waals surface area contributed by atoms with E-state index in [2.05, 4.69) is 20.8 Å². The van der Waals surface area contributed by atoms with Gasteiger partial charge in [0, 0.05) is 19.3 Å². The van der Waals surface area contributed by atoms with E-state index < -0.39 is 35.2 Å². The van der Waals surface area contributed by atoms with Crippen molar-refractivity contribution in [1.29, 1.82) is 0 Å². The van der Waals surface area contributed by atoms with Gasteiger partial charge < -0.3 is 15.3 Å². The number of hydrogen-bond donors (Lipinski definition) is 3. The second kappa shape index (κ2) is 43.2. The normalized spacial score (nSPS) is 12.9. The summed E-state index contributed by atoms with van der Waals surface area (Å²) in [5, 5.41) is 34.1. The Morgan fingerprint density at radius 2 is 0.450 bits per heavy atom. The number of carbonyl (C=O) groups excluding carboxylic acids is 3. The fourth-order valence-corrected chi connectivity index (χ4v) is 9.03. The van der Waals surface area contributed by atoms with Gasteiger partial charge in [-0.15, -0.1) is 0 Å². The molecule has 0 radical (unpaired) electrons. The van der Waals surface area contributed by atoms with E-state index in [9.17, 15) is 29.7 Å². The average Bonchev–Trinajstić information content (AvgIpc) is 3.25. The van der Waals surface area contributed by atoms with E-state index in [0.717, 1.165) is 57.8 Å². The SMILES string of the molecule is CCCCCCCCCCCCCCCCC(=O)C(O)(C(=O)CCCCCCCCCCCCCCCC)[C@@](O)(CO)C(=O)CCCCCCCCCCCCCCCC. The Morgan fingerprint density at radius 1 is 0.283 bits per heavy atom. The van der Waals surface area contributed by atoms with Crippen molar-refractivity contribution in [2.24, 2.45) is 0 Å². The summed E-state index contributed by atoms with van der Waals surface area (Å²) in [4.78, 5) is 41.2. The first-order valence-electron chi connectivity index (χ1n) is 26.9. The lowest BCUT2D eigenvalue weighted by Gasteiger charge is -2.39. The second-order valence-corrected chi connectivity index (χ2v) is 19.0. The van der Waals surface area contributed by atoms with Crippen LogP contribution in [0.2, 0.25) is 0 Å². The fourth-order valence-electron chi connectivity index (χ4n) is 9.03. The van der Waals surface area contributed by atoms with E-state index in [1.807, 2.05) is 0 Å². The minimum atomic E-state index is -2.91. The minimum absolute atomic E-state index is 0.0737. The molecule has 6 heteroatoms. The summed E-state index contributed by atoms with van der Waals surface area (Å²) in [5.74, 6) is -2.43. The van der Waals surface area contributed by atoms with Crippen molar-refractivity contribution in [3.63, 3.8) is 0 Å². The van der Waals surface area contributed by atoms with Crippen molar-refractivity contribution >= 4 is 17.3 Å². The number of aliphatic hydroxyl groups is 3. The molecule has 60 heavy (non-hydrogen) atoms. The third-order valence-electron chi connectivity index (χ3n) is 13.4. The van der Waals surface area contributed by atoms with Crippen LogP contribution in [0, 0.1) is 0 Å². The maximum absolute atomic E-state index is 13.8. The molecule has 0 saturated heterocycles. The molecule has 3 N–H and O–H groups in total. The van der Waals surface area contributed by atoms with E-state index in [0.29, 0.717) is 19.3 Å². The molecule has 0 aliphatic heterocycles. The predicted molar refractivity (Wildman–Crippen MR) is 257 cm³/mol. The molecule has 0 aromatic rings. The predicted octanol–water partition coefficient (Wildman–Crippen LogP) is 15.8. The second-order valence-electron chi connectivity index (χ2n) is 19.0. The van der Waals surface area contributed by atoms with Crippen molar-refractivity contribution < 1.29 is 29.7 Å². The number of Topliss-reactive ketones (excluding diaryl/α,β-unsaturated/α-hetero) is 3. The zero-order valence-corrected chi connectivity index (χ0v) is 40.6. The molecule has 0 heterocycles. The van der Waals surface area contributed by atoms with E-state index in [1.165, 1.54) is 193 Å². The quantitative estimate of drug-likeness (QED) is 0.0415. The van der Waals surface area contributed by atoms with Crippen molar-refractivity contribution in [2.45, 2.75) is 321 Å². The first-order chi connectivity index (χ1) is 29.3. The number of hydrogen-bond acceptors (Lipinski definition) is 6. The molecule has 0 bridgehead atoms. The average molecular weight is 849 g/mol. The van der Waals surface area contributed by atoms with Crippen LogP contribution in [0.4, 0.5) is 0 Å². The molecular weight excluding hydrogens is 745 g/mol. The Labute approximate surface area is 373 Å². The summed E-state index contributed by atoms with van der Waals surface area (Å²) >= 11 is 0. The number of unbranched alkanes of at least 4 members (excludes halogenated alkanes) is 39. The summed E-state index contributed by atoms with van der Waals surface area (Å²) in [6, 6.07) is 0. The maximum Gasteiger partial charge on any atom is 0.219 e. The van der Waals surface area contributed by atoms with Crippen LogP contribution in [0.15, 0.2) is 0 Å². The highest BCUT2D eigenvalue weighted by molar-refractivity contribution is 6.16. The van der Waals surface area contributed by atoms with Gasteiger partial charge in [-0.2, -0.15) is 0 Å². The molecule has 6 nitrogen and oxygen atoms in total. The fraction of sp³-hybridized carbons (Fsp3) is 0.944. The zero-order chi connectivity index (χ0) is 44.3. The van der Waals surface area contributed by atoms with Gasteiger partial charge in [0.25, 0.3) is 0 Å². The largest absolute Gasteiger partial charge is 0.393 e. The van der Waals surface area contributed by atoms with Crippen molar-refractivity contribution in [2.75, 3.05) is 6.61 Å². The Kier molecular flexibility index (Phi) is 42.4. The van der Waals surface area contributed by atoms with Gasteiger partial charge in [0.15, 0.2) is 23.0 Å². The molecular formula is C54H104O6. The molecule has 0 amide bonds. The van der Waals surface area contributed by atoms with Crippen LogP contribution in [0.1, 0.15) is 310 Å². The Balaban J connectivity index is 4.89. The highest BCUT2D eigenvalue weighted by Crippen LogP contribution is 2.32. The van der Waals surface area contributed by atoms with Gasteiger partial charge in [-0.3, -0.25) is 14.4 Å². The molecule has 0 aromatic carbocycles. The summed E-state index contributed by atoms with van der Waals surface area (Å²) in [6.45, 7) is 5.61. The Bertz CT molecular complexity index is 920. The standard InChI is InChI=1S/C54H104O6/c1-4-7-10-13-16-19-22-25-28-31-34-37-40-43-46-50(56)53(59,49-55)54(60,51(57)47-44-41-38-35-32-29-26-23-20-17-14-11-8-5-2)52(58)48-45-42-39-36-33-30-27-24-21-18-15-12-9-6-3/h55,59-60H,4-49H2,1-3H3/t53-/m1/s1. The van der Waals surface area contributed by atoms with E-state index in [4.69, 9.17) is 0 Å². The van der Waals surface area contributed by atoms with Crippen LogP contribution in [-0.2, 0) is 14.4 Å². The third-order valence-corrected chi connectivity index (χ3v) is 13.4. The molecule has 1 atom stereocenters. The Morgan fingerprint density at radius 3 is 0.633 bits per heavy atom. The van der Waals surface area contributed by atoms with Crippen LogP contribution in [0.25, 0.3) is 0 Å². The molecule has 0 fully saturated rings. The van der Waals surface area contributed by atoms with Gasteiger partial charge >= 0.3 is 0 Å². The summed E-state index contributed by atoms with van der Waals surface area (Å²) in [7, 11) is 0. The van der Waals surface area contributed by atoms with Gasteiger partial charge in [0.05, 0.1) is 6.61 Å². The van der Waals surface area contributed by atoms with Gasteiger partial charge in [-0.1, -0.05) is 271 Å². The lowest BCUT2D eigenvalue weighted by Crippen LogP contribution is -2.69. The van der Waals surface area contributed by atoms with E-state index >= 15 is 0 Å². The molecule has 0 rings (SSSR count). The summed E-state index contributed by atoms with van der Waals surface area (Å²) in [5.41, 5.74) is -5.73. The van der Waals surface area contributed by atoms with Crippen LogP contribution >= 0.6 is 0 Å². The minimum Gasteiger partial charge on any atom is -0.393 e. The van der Waals surface area contributed by atoms with Gasteiger partial charge in [-0.25, -0.2) is 0 Å². The highest BCUT2D eigenvalue weighted by Gasteiger charge is 2.62. The maximum atomic E-state index is 13.8. The Hall–Kier alpha value is -1.11. The monoisotopic (exact) mass is 849 g/mol. The van der Waals surface area contributed by atoms with Crippen molar-refractivity contribution in [3.05, 3.63) is 0 Å². The van der Waals surface area contributed by atoms with Crippen LogP contribution in [0.3, 0.4) is 0 Å². The first kappa shape index (κ1) is 58.9. The van der Waals surface area contributed by atoms with Crippen molar-refractivity contribution in [1.82, 2.24) is 0 Å². The lowest BCUT2D eigenvalue weighted by atomic mass is 9.71. The van der Waals surface area contributed by atoms with E-state index in [-0.39, 0.29) is 19.3 Å². The first-order valence-corrected chi connectivity index (χ1v) is 26.9. The summed E-state index contributed by atoms with van der Waals surface area (Å²) in [6.07, 6.45) is 48.8. The van der Waals surface area contributed by atoms with Crippen LogP contribution in [0.5, 0.6) is 0 Å². The van der Waals surface area contributed by atoms with E-state index in [1.54, 1.807) is 0 Å². The topological polar surface area (TPSA) is 112 Å². The molecule has 0 aliphatic rings. The number of carbonyl (C=O) groups is 3. The number of aliphatic hydroxyl groups excluding tert-OH is 1. The van der Waals surface area contributed by atoms with Crippen LogP contribution < -0.4 is 0 Å². The van der Waals surface area contributed by atoms with Gasteiger partial charge in [-0.05, 0) is 19.3 Å². The number of ketones is 3. The molecule has 356 valence electrons. The zero-order valence-electron chi connectivity index (χ0n) is 40.6. The molecule has 0 unspecified atom stereocenters. The third kappa shape index (κ3) is 30.1. The molecule has 0 aliphatic carbocycles. The highest BCUT2D eigenvalue weighted by atomic mass is 16.4. The number of rotatable bonds is 50. The van der Waals surface area contributed by atoms with Crippen molar-refractivity contribution in [3.8, 4) is 0 Å². The van der Waals surface area contributed by atoms with Gasteiger partial charge in [0.1, 0.15) is 0 Å². The van der Waals surface area contributed by atoms with Gasteiger partial charge in [0.2, 0.25) is 5.60 Å².